The molecule has 0 N–H and O–H groups in total. The summed E-state index contributed by atoms with van der Waals surface area (Å²) in [6.45, 7) is 4.62. The van der Waals surface area contributed by atoms with Gasteiger partial charge in [-0.3, -0.25) is 0 Å². The zero-order valence-corrected chi connectivity index (χ0v) is 14.8. The van der Waals surface area contributed by atoms with Crippen LogP contribution in [0.3, 0.4) is 0 Å². The fourth-order valence-corrected chi connectivity index (χ4v) is 18.9. The number of hydrogen-bond acceptors (Lipinski definition) is 0. The van der Waals surface area contributed by atoms with E-state index in [-0.39, 0.29) is 0 Å². The molecule has 0 aliphatic heterocycles. The van der Waals surface area contributed by atoms with Crippen LogP contribution in [0.15, 0.2) is 0 Å². The van der Waals surface area contributed by atoms with Gasteiger partial charge in [0.2, 0.25) is 0 Å². The summed E-state index contributed by atoms with van der Waals surface area (Å²) in [6.07, 6.45) is 12.8. The van der Waals surface area contributed by atoms with Gasteiger partial charge in [-0.15, -0.1) is 0 Å². The maximum absolute atomic E-state index is 7.19. The Bertz CT molecular complexity index is 168. The van der Waals surface area contributed by atoms with Gasteiger partial charge in [-0.05, 0) is 0 Å². The van der Waals surface area contributed by atoms with Gasteiger partial charge < -0.3 is 0 Å². The zero-order chi connectivity index (χ0) is 11.9. The molecule has 0 bridgehead atoms. The predicted octanol–water partition coefficient (Wildman–Crippen LogP) is 6.11. The maximum atomic E-state index is 7.19. The molecular weight excluding hydrogens is 322 g/mol. The van der Waals surface area contributed by atoms with Crippen molar-refractivity contribution in [3.05, 3.63) is 0 Å². The van der Waals surface area contributed by atoms with Gasteiger partial charge in [-0.1, -0.05) is 0 Å². The predicted molar refractivity (Wildman–Crippen MR) is 77.9 cm³/mol. The van der Waals surface area contributed by atoms with Crippen molar-refractivity contribution < 1.29 is 0 Å². The third-order valence-corrected chi connectivity index (χ3v) is 21.4. The average Bonchev–Trinajstić information content (AvgIpc) is 2.35. The molecule has 0 aromatic heterocycles. The summed E-state index contributed by atoms with van der Waals surface area (Å²) in [7, 11) is 7.19. The second-order valence-electron chi connectivity index (χ2n) is 5.58. The Morgan fingerprint density at radius 1 is 0.938 bits per heavy atom. The quantitative estimate of drug-likeness (QED) is 0.486. The second kappa shape index (κ2) is 8.24. The van der Waals surface area contributed by atoms with E-state index >= 15 is 0 Å². The standard InChI is InChI=1S/C6H11.2C4H9.ClH.Sn/c1-2-4-6-5-3-1;2*1-3-4-2;;/h1H,2-6H2;2*1,3-4H2,2H3;1H;/q;;;;+1/p-1. The summed E-state index contributed by atoms with van der Waals surface area (Å²) in [6, 6.07) is 0. The zero-order valence-electron chi connectivity index (χ0n) is 11.2. The van der Waals surface area contributed by atoms with Crippen LogP contribution < -0.4 is 0 Å². The number of rotatable bonds is 7. The summed E-state index contributed by atoms with van der Waals surface area (Å²) in [4.78, 5) is 0. The van der Waals surface area contributed by atoms with Crippen molar-refractivity contribution in [2.45, 2.75) is 84.4 Å². The molecule has 1 aliphatic rings. The Labute approximate surface area is 110 Å². The monoisotopic (exact) mass is 352 g/mol. The Kier molecular flexibility index (Phi) is 7.80. The van der Waals surface area contributed by atoms with Crippen LogP contribution in [-0.2, 0) is 0 Å². The molecule has 1 saturated carbocycles. The molecule has 0 spiro atoms. The van der Waals surface area contributed by atoms with E-state index in [1.807, 2.05) is 0 Å². The summed E-state index contributed by atoms with van der Waals surface area (Å²) in [5.74, 6) is 0. The van der Waals surface area contributed by atoms with Gasteiger partial charge in [-0.2, -0.15) is 0 Å². The Hall–Kier alpha value is 1.09. The summed E-state index contributed by atoms with van der Waals surface area (Å²) in [5.41, 5.74) is 0. The van der Waals surface area contributed by atoms with Crippen molar-refractivity contribution in [1.82, 2.24) is 0 Å². The van der Waals surface area contributed by atoms with E-state index in [4.69, 9.17) is 8.92 Å². The van der Waals surface area contributed by atoms with Gasteiger partial charge in [-0.25, -0.2) is 0 Å². The summed E-state index contributed by atoms with van der Waals surface area (Å²) in [5, 5.41) is 0. The van der Waals surface area contributed by atoms with Crippen LogP contribution in [0, 0.1) is 0 Å². The molecule has 1 rings (SSSR count). The molecule has 0 saturated heterocycles. The van der Waals surface area contributed by atoms with E-state index in [1.54, 1.807) is 0 Å². The first-order valence-corrected chi connectivity index (χ1v) is 16.7. The third kappa shape index (κ3) is 4.76. The topological polar surface area (TPSA) is 0 Å². The molecule has 0 unspecified atom stereocenters. The molecule has 0 heterocycles. The van der Waals surface area contributed by atoms with Gasteiger partial charge in [0.15, 0.2) is 0 Å². The molecule has 0 radical (unpaired) electrons. The van der Waals surface area contributed by atoms with Crippen molar-refractivity contribution in [3.63, 3.8) is 0 Å². The van der Waals surface area contributed by atoms with E-state index in [2.05, 4.69) is 13.8 Å². The summed E-state index contributed by atoms with van der Waals surface area (Å²) >= 11 is -2.22. The normalized spacial score (nSPS) is 18.9. The van der Waals surface area contributed by atoms with Crippen LogP contribution >= 0.6 is 8.92 Å². The van der Waals surface area contributed by atoms with Gasteiger partial charge in [0.25, 0.3) is 0 Å². The van der Waals surface area contributed by atoms with E-state index in [9.17, 15) is 0 Å². The molecule has 1 fully saturated rings. The van der Waals surface area contributed by atoms with Gasteiger partial charge in [0.05, 0.1) is 0 Å². The molecule has 0 amide bonds. The first-order chi connectivity index (χ1) is 7.73. The Balaban J connectivity index is 2.51. The molecule has 0 aromatic carbocycles. The van der Waals surface area contributed by atoms with Gasteiger partial charge in [0.1, 0.15) is 0 Å². The van der Waals surface area contributed by atoms with Crippen molar-refractivity contribution in [3.8, 4) is 0 Å². The second-order valence-corrected chi connectivity index (χ2v) is 21.7. The Morgan fingerprint density at radius 2 is 1.44 bits per heavy atom. The van der Waals surface area contributed by atoms with Gasteiger partial charge >= 0.3 is 111 Å². The van der Waals surface area contributed by atoms with Crippen molar-refractivity contribution >= 4 is 26.2 Å². The Morgan fingerprint density at radius 3 is 1.88 bits per heavy atom. The minimum absolute atomic E-state index is 1.02. The molecule has 96 valence electrons. The van der Waals surface area contributed by atoms with Gasteiger partial charge in [0, 0.05) is 0 Å². The van der Waals surface area contributed by atoms with E-state index in [0.717, 1.165) is 3.93 Å². The van der Waals surface area contributed by atoms with Crippen LogP contribution in [0.25, 0.3) is 0 Å². The van der Waals surface area contributed by atoms with Crippen LogP contribution in [0.1, 0.15) is 71.6 Å². The SMILES string of the molecule is CCC[CH2][Sn]([Cl])([CH2]CCC)[CH]1CCCCC1. The average molecular weight is 352 g/mol. The van der Waals surface area contributed by atoms with Crippen molar-refractivity contribution in [2.24, 2.45) is 0 Å². The molecule has 16 heavy (non-hydrogen) atoms. The molecule has 2 heteroatoms. The van der Waals surface area contributed by atoms with Crippen LogP contribution in [0.2, 0.25) is 12.8 Å². The van der Waals surface area contributed by atoms with E-state index in [1.165, 1.54) is 66.7 Å². The van der Waals surface area contributed by atoms with Crippen LogP contribution in [0.5, 0.6) is 0 Å². The molecule has 0 nitrogen and oxygen atoms in total. The van der Waals surface area contributed by atoms with Crippen LogP contribution in [-0.4, -0.2) is 17.3 Å². The molecule has 0 aromatic rings. The van der Waals surface area contributed by atoms with E-state index in [0.29, 0.717) is 0 Å². The third-order valence-electron chi connectivity index (χ3n) is 4.23. The number of hydrogen-bond donors (Lipinski definition) is 0. The first kappa shape index (κ1) is 15.1. The van der Waals surface area contributed by atoms with Crippen LogP contribution in [0.4, 0.5) is 0 Å². The molecule has 0 atom stereocenters. The fourth-order valence-electron chi connectivity index (χ4n) is 3.09. The van der Waals surface area contributed by atoms with Crippen molar-refractivity contribution in [1.29, 1.82) is 0 Å². The molecular formula is C14H29ClSn. The van der Waals surface area contributed by atoms with Crippen molar-refractivity contribution in [2.75, 3.05) is 0 Å². The fraction of sp³-hybridized carbons (Fsp3) is 1.00. The summed E-state index contributed by atoms with van der Waals surface area (Å²) < 4.78 is 3.93. The first-order valence-electron chi connectivity index (χ1n) is 7.42. The molecule has 1 aliphatic carbocycles. The number of unbranched alkanes of at least 4 members (excludes halogenated alkanes) is 2. The number of halogens is 1. The minimum atomic E-state index is -2.22. The van der Waals surface area contributed by atoms with E-state index < -0.39 is 17.3 Å².